The van der Waals surface area contributed by atoms with Crippen molar-refractivity contribution in [2.75, 3.05) is 0 Å². The van der Waals surface area contributed by atoms with Crippen LogP contribution in [0.2, 0.25) is 0 Å². The second-order valence-corrected chi connectivity index (χ2v) is 3.87. The predicted molar refractivity (Wildman–Crippen MR) is 66.3 cm³/mol. The number of carbonyl (C=O) groups excluding carboxylic acids is 1. The Kier molecular flexibility index (Phi) is 4.20. The van der Waals surface area contributed by atoms with Gasteiger partial charge in [-0.3, -0.25) is 9.59 Å². The Balaban J connectivity index is 0.000000337. The number of isocyanates is 1. The fourth-order valence-corrected chi connectivity index (χ4v) is 1.64. The van der Waals surface area contributed by atoms with Crippen molar-refractivity contribution in [2.45, 2.75) is 0 Å². The van der Waals surface area contributed by atoms with Crippen molar-refractivity contribution >= 4 is 39.6 Å². The molecule has 1 N–H and O–H groups in total. The molecule has 0 saturated heterocycles. The molecule has 0 unspecified atom stereocenters. The van der Waals surface area contributed by atoms with E-state index in [0.29, 0.717) is 6.08 Å². The number of aromatic nitrogens is 1. The van der Waals surface area contributed by atoms with E-state index in [4.69, 9.17) is 10.2 Å². The number of H-pyrrole nitrogens is 1. The normalized spacial score (nSPS) is 8.87. The zero-order valence-corrected chi connectivity index (χ0v) is 9.69. The fourth-order valence-electron chi connectivity index (χ4n) is 1.15. The van der Waals surface area contributed by atoms with Crippen molar-refractivity contribution in [1.82, 2.24) is 4.98 Å². The monoisotopic (exact) mass is 313 g/mol. The summed E-state index contributed by atoms with van der Waals surface area (Å²) in [5.74, 6) is 0. The van der Waals surface area contributed by atoms with Crippen molar-refractivity contribution < 1.29 is 4.79 Å². The number of halogens is 1. The molecule has 2 aromatic rings. The van der Waals surface area contributed by atoms with Gasteiger partial charge >= 0.3 is 0 Å². The molecule has 2 rings (SSSR count). The Morgan fingerprint density at radius 3 is 2.67 bits per heavy atom. The summed E-state index contributed by atoms with van der Waals surface area (Å²) < 4.78 is 1.13. The maximum atomic E-state index is 11.3. The van der Waals surface area contributed by atoms with Crippen LogP contribution in [0, 0.1) is 3.57 Å². The smallest absolute Gasteiger partial charge is 0.189 e. The highest BCUT2D eigenvalue weighted by molar-refractivity contribution is 14.1. The number of nitrogens with one attached hydrogen (secondary N) is 1. The Labute approximate surface area is 99.0 Å². The first kappa shape index (κ1) is 11.6. The van der Waals surface area contributed by atoms with E-state index in [2.05, 4.69) is 27.6 Å². The Hall–Kier alpha value is -1.46. The molecule has 0 fully saturated rings. The lowest BCUT2D eigenvalue weighted by molar-refractivity contribution is 0.569. The van der Waals surface area contributed by atoms with E-state index in [1.54, 1.807) is 6.20 Å². The molecule has 76 valence electrons. The highest BCUT2D eigenvalue weighted by Gasteiger charge is 1.96. The third kappa shape index (κ3) is 3.00. The second kappa shape index (κ2) is 5.43. The third-order valence-corrected chi connectivity index (χ3v) is 2.39. The number of aromatic amines is 1. The summed E-state index contributed by atoms with van der Waals surface area (Å²) in [6, 6.07) is 7.26. The molecule has 0 amide bonds. The summed E-state index contributed by atoms with van der Waals surface area (Å²) in [5.41, 5.74) is 0.967. The maximum absolute atomic E-state index is 11.3. The maximum Gasteiger partial charge on any atom is 0.189 e. The number of benzene rings is 1. The van der Waals surface area contributed by atoms with Gasteiger partial charge in [0, 0.05) is 21.2 Å². The van der Waals surface area contributed by atoms with Crippen LogP contribution in [0.5, 0.6) is 0 Å². The van der Waals surface area contributed by atoms with Gasteiger partial charge in [0.05, 0.1) is 5.52 Å². The standard InChI is InChI=1S/C9H6INO.CNO/c10-6-1-2-7-8(5-6)11-4-3-9(7)12;2-1-3/h1-5H,(H,11,12);/q;-1. The van der Waals surface area contributed by atoms with Crippen LogP contribution in [0.1, 0.15) is 0 Å². The zero-order valence-electron chi connectivity index (χ0n) is 7.53. The van der Waals surface area contributed by atoms with Gasteiger partial charge in [0.15, 0.2) is 5.43 Å². The average molecular weight is 313 g/mol. The highest BCUT2D eigenvalue weighted by atomic mass is 127. The number of hydrogen-bond acceptors (Lipinski definition) is 2. The number of hydrogen-bond donors (Lipinski definition) is 1. The Morgan fingerprint density at radius 1 is 1.33 bits per heavy atom. The average Bonchev–Trinajstić information content (AvgIpc) is 2.19. The van der Waals surface area contributed by atoms with Gasteiger partial charge in [-0.15, -0.1) is 0 Å². The van der Waals surface area contributed by atoms with Gasteiger partial charge in [-0.25, -0.2) is 0 Å². The molecular formula is C10H6IN2O2-. The van der Waals surface area contributed by atoms with E-state index < -0.39 is 0 Å². The topological polar surface area (TPSA) is 72.2 Å². The molecule has 0 spiro atoms. The van der Waals surface area contributed by atoms with Crippen LogP contribution in [-0.2, 0) is 4.79 Å². The number of pyridine rings is 1. The van der Waals surface area contributed by atoms with E-state index in [0.717, 1.165) is 14.5 Å². The molecule has 0 aliphatic rings. The van der Waals surface area contributed by atoms with Crippen LogP contribution in [-0.4, -0.2) is 11.1 Å². The largest absolute Gasteiger partial charge is 0.724 e. The summed E-state index contributed by atoms with van der Waals surface area (Å²) >= 11 is 2.22. The molecule has 15 heavy (non-hydrogen) atoms. The second-order valence-electron chi connectivity index (χ2n) is 2.62. The molecule has 0 aliphatic heterocycles. The first-order valence-corrected chi connectivity index (χ1v) is 5.05. The predicted octanol–water partition coefficient (Wildman–Crippen LogP) is 2.02. The minimum absolute atomic E-state index is 0.0696. The van der Waals surface area contributed by atoms with Crippen molar-refractivity contribution in [3.63, 3.8) is 0 Å². The number of rotatable bonds is 0. The van der Waals surface area contributed by atoms with Gasteiger partial charge in [-0.1, -0.05) is 0 Å². The van der Waals surface area contributed by atoms with Gasteiger partial charge in [0.2, 0.25) is 0 Å². The molecular weight excluding hydrogens is 307 g/mol. The Morgan fingerprint density at radius 2 is 2.00 bits per heavy atom. The fraction of sp³-hybridized carbons (Fsp3) is 0. The summed E-state index contributed by atoms with van der Waals surface area (Å²) in [7, 11) is 0. The van der Waals surface area contributed by atoms with Crippen LogP contribution < -0.4 is 5.43 Å². The summed E-state index contributed by atoms with van der Waals surface area (Å²) in [5, 5.41) is 7.51. The highest BCUT2D eigenvalue weighted by Crippen LogP contribution is 2.11. The lowest BCUT2D eigenvalue weighted by atomic mass is 10.2. The van der Waals surface area contributed by atoms with E-state index in [-0.39, 0.29) is 5.43 Å². The summed E-state index contributed by atoms with van der Waals surface area (Å²) in [6.07, 6.45) is 2.17. The van der Waals surface area contributed by atoms with Gasteiger partial charge in [0.1, 0.15) is 0 Å². The van der Waals surface area contributed by atoms with E-state index in [1.165, 1.54) is 6.07 Å². The first-order valence-electron chi connectivity index (χ1n) is 3.97. The van der Waals surface area contributed by atoms with E-state index >= 15 is 0 Å². The summed E-state index contributed by atoms with van der Waals surface area (Å²) in [4.78, 5) is 22.5. The van der Waals surface area contributed by atoms with Gasteiger partial charge < -0.3 is 10.4 Å². The summed E-state index contributed by atoms with van der Waals surface area (Å²) in [6.45, 7) is 0. The van der Waals surface area contributed by atoms with Gasteiger partial charge in [-0.2, -0.15) is 0 Å². The van der Waals surface area contributed by atoms with Crippen LogP contribution in [0.4, 0.5) is 0 Å². The van der Waals surface area contributed by atoms with Crippen LogP contribution in [0.25, 0.3) is 16.3 Å². The lowest BCUT2D eigenvalue weighted by Crippen LogP contribution is -1.99. The van der Waals surface area contributed by atoms with Crippen molar-refractivity contribution in [3.8, 4) is 0 Å². The van der Waals surface area contributed by atoms with Gasteiger partial charge in [0.25, 0.3) is 0 Å². The SMILES string of the molecule is O=c1cc[nH]c2cc(I)ccc12.[N-]=C=O. The zero-order chi connectivity index (χ0) is 11.3. The molecule has 0 saturated carbocycles. The minimum atomic E-state index is 0.0696. The molecule has 1 aromatic heterocycles. The third-order valence-electron chi connectivity index (χ3n) is 1.72. The quantitative estimate of drug-likeness (QED) is 0.459. The van der Waals surface area contributed by atoms with Gasteiger partial charge in [-0.05, 0) is 46.9 Å². The molecule has 1 aromatic carbocycles. The molecule has 0 radical (unpaired) electrons. The van der Waals surface area contributed by atoms with E-state index in [1.807, 2.05) is 18.2 Å². The van der Waals surface area contributed by atoms with Crippen LogP contribution >= 0.6 is 22.6 Å². The molecule has 1 heterocycles. The Bertz CT molecular complexity index is 557. The van der Waals surface area contributed by atoms with Crippen molar-refractivity contribution in [3.05, 3.63) is 49.7 Å². The van der Waals surface area contributed by atoms with E-state index in [9.17, 15) is 4.79 Å². The van der Waals surface area contributed by atoms with Crippen molar-refractivity contribution in [1.29, 1.82) is 0 Å². The van der Waals surface area contributed by atoms with Crippen LogP contribution in [0.3, 0.4) is 0 Å². The molecule has 0 aliphatic carbocycles. The molecule has 0 bridgehead atoms. The molecule has 5 heteroatoms. The number of fused-ring (bicyclic) bond motifs is 1. The lowest BCUT2D eigenvalue weighted by Gasteiger charge is -1.95. The van der Waals surface area contributed by atoms with Crippen LogP contribution in [0.15, 0.2) is 35.3 Å². The minimum Gasteiger partial charge on any atom is -0.724 e. The molecule has 4 nitrogen and oxygen atoms in total. The molecule has 0 atom stereocenters. The number of nitrogens with zero attached hydrogens (tertiary/aromatic N) is 1. The van der Waals surface area contributed by atoms with Crippen molar-refractivity contribution in [2.24, 2.45) is 0 Å². The first-order chi connectivity index (χ1) is 7.19.